The molecular weight excluding hydrogens is 250 g/mol. The predicted molar refractivity (Wildman–Crippen MR) is 71.7 cm³/mol. The van der Waals surface area contributed by atoms with E-state index in [2.05, 4.69) is 12.2 Å². The molecule has 18 heavy (non-hydrogen) atoms. The Morgan fingerprint density at radius 1 is 1.33 bits per heavy atom. The Bertz CT molecular complexity index is 456. The van der Waals surface area contributed by atoms with E-state index in [1.54, 1.807) is 0 Å². The smallest absolute Gasteiger partial charge is 0.231 e. The lowest BCUT2D eigenvalue weighted by atomic mass is 9.95. The van der Waals surface area contributed by atoms with Crippen molar-refractivity contribution in [1.29, 1.82) is 0 Å². The molecule has 98 valence electrons. The van der Waals surface area contributed by atoms with Crippen molar-refractivity contribution in [3.8, 4) is 11.5 Å². The van der Waals surface area contributed by atoms with E-state index in [1.807, 2.05) is 6.07 Å². The summed E-state index contributed by atoms with van der Waals surface area (Å²) in [7, 11) is 0. The maximum absolute atomic E-state index is 6.24. The van der Waals surface area contributed by atoms with Crippen molar-refractivity contribution in [1.82, 2.24) is 5.32 Å². The molecule has 3 rings (SSSR count). The van der Waals surface area contributed by atoms with Crippen LogP contribution in [0, 0.1) is 6.92 Å². The molecule has 0 saturated carbocycles. The summed E-state index contributed by atoms with van der Waals surface area (Å²) >= 11 is 6.24. The summed E-state index contributed by atoms with van der Waals surface area (Å²) < 4.78 is 10.9. The molecule has 1 atom stereocenters. The molecule has 1 N–H and O–H groups in total. The molecule has 0 bridgehead atoms. The zero-order valence-corrected chi connectivity index (χ0v) is 11.3. The van der Waals surface area contributed by atoms with E-state index < -0.39 is 0 Å². The zero-order valence-electron chi connectivity index (χ0n) is 10.6. The molecule has 1 aromatic rings. The van der Waals surface area contributed by atoms with Crippen LogP contribution >= 0.6 is 11.6 Å². The first kappa shape index (κ1) is 12.1. The van der Waals surface area contributed by atoms with Crippen LogP contribution in [0.2, 0.25) is 5.02 Å². The Balaban J connectivity index is 1.85. The molecule has 0 spiro atoms. The van der Waals surface area contributed by atoms with Crippen LogP contribution in [-0.4, -0.2) is 19.4 Å². The Labute approximate surface area is 112 Å². The number of piperidine rings is 1. The summed E-state index contributed by atoms with van der Waals surface area (Å²) in [6, 6.07) is 2.59. The summed E-state index contributed by atoms with van der Waals surface area (Å²) in [5.41, 5.74) is 2.43. The van der Waals surface area contributed by atoms with Gasteiger partial charge in [0.15, 0.2) is 11.5 Å². The van der Waals surface area contributed by atoms with Gasteiger partial charge in [-0.2, -0.15) is 0 Å². The molecule has 0 aliphatic carbocycles. The number of halogens is 1. The second-order valence-corrected chi connectivity index (χ2v) is 5.47. The van der Waals surface area contributed by atoms with Crippen molar-refractivity contribution in [2.24, 2.45) is 0 Å². The fraction of sp³-hybridized carbons (Fsp3) is 0.571. The molecule has 2 heterocycles. The Hall–Kier alpha value is -0.930. The van der Waals surface area contributed by atoms with Crippen molar-refractivity contribution in [3.05, 3.63) is 22.2 Å². The minimum atomic E-state index is 0.279. The van der Waals surface area contributed by atoms with Gasteiger partial charge in [0.1, 0.15) is 0 Å². The predicted octanol–water partition coefficient (Wildman–Crippen LogP) is 3.06. The maximum atomic E-state index is 6.24. The van der Waals surface area contributed by atoms with Gasteiger partial charge in [0.25, 0.3) is 0 Å². The molecule has 0 amide bonds. The van der Waals surface area contributed by atoms with E-state index in [1.165, 1.54) is 30.4 Å². The van der Waals surface area contributed by atoms with Crippen LogP contribution in [0.15, 0.2) is 6.07 Å². The maximum Gasteiger partial charge on any atom is 0.231 e. The minimum absolute atomic E-state index is 0.279. The van der Waals surface area contributed by atoms with Gasteiger partial charge < -0.3 is 14.8 Å². The lowest BCUT2D eigenvalue weighted by Crippen LogP contribution is -2.35. The van der Waals surface area contributed by atoms with Gasteiger partial charge in [0.2, 0.25) is 6.79 Å². The number of hydrogen-bond acceptors (Lipinski definition) is 3. The number of fused-ring (bicyclic) bond motifs is 1. The van der Waals surface area contributed by atoms with Crippen molar-refractivity contribution in [2.45, 2.75) is 38.6 Å². The second-order valence-electron chi connectivity index (χ2n) is 5.06. The average Bonchev–Trinajstić information content (AvgIpc) is 2.87. The number of benzene rings is 1. The highest BCUT2D eigenvalue weighted by atomic mass is 35.5. The molecule has 1 fully saturated rings. The van der Waals surface area contributed by atoms with Gasteiger partial charge >= 0.3 is 0 Å². The van der Waals surface area contributed by atoms with E-state index >= 15 is 0 Å². The summed E-state index contributed by atoms with van der Waals surface area (Å²) in [5.74, 6) is 1.53. The van der Waals surface area contributed by atoms with Gasteiger partial charge in [0.05, 0.1) is 5.02 Å². The van der Waals surface area contributed by atoms with Crippen LogP contribution in [0.1, 0.15) is 30.4 Å². The summed E-state index contributed by atoms with van der Waals surface area (Å²) in [5, 5.41) is 4.23. The average molecular weight is 268 g/mol. The van der Waals surface area contributed by atoms with Crippen LogP contribution in [0.4, 0.5) is 0 Å². The Morgan fingerprint density at radius 2 is 2.17 bits per heavy atom. The third-order valence-corrected chi connectivity index (χ3v) is 4.11. The monoisotopic (exact) mass is 267 g/mol. The largest absolute Gasteiger partial charge is 0.453 e. The molecule has 3 nitrogen and oxygen atoms in total. The highest BCUT2D eigenvalue weighted by Crippen LogP contribution is 2.43. The zero-order chi connectivity index (χ0) is 12.5. The van der Waals surface area contributed by atoms with E-state index in [0.29, 0.717) is 16.8 Å². The minimum Gasteiger partial charge on any atom is -0.453 e. The van der Waals surface area contributed by atoms with Gasteiger partial charge in [-0.05, 0) is 49.9 Å². The third-order valence-electron chi connectivity index (χ3n) is 3.83. The van der Waals surface area contributed by atoms with Gasteiger partial charge in [-0.25, -0.2) is 0 Å². The van der Waals surface area contributed by atoms with Crippen LogP contribution in [0.3, 0.4) is 0 Å². The molecule has 0 aromatic heterocycles. The van der Waals surface area contributed by atoms with Crippen LogP contribution in [0.25, 0.3) is 0 Å². The van der Waals surface area contributed by atoms with E-state index in [-0.39, 0.29) is 6.79 Å². The van der Waals surface area contributed by atoms with Crippen molar-refractivity contribution in [3.63, 3.8) is 0 Å². The van der Waals surface area contributed by atoms with Crippen LogP contribution in [0.5, 0.6) is 11.5 Å². The summed E-state index contributed by atoms with van der Waals surface area (Å²) in [4.78, 5) is 0. The van der Waals surface area contributed by atoms with Gasteiger partial charge in [-0.3, -0.25) is 0 Å². The molecule has 1 unspecified atom stereocenters. The van der Waals surface area contributed by atoms with Crippen LogP contribution in [-0.2, 0) is 6.42 Å². The first-order valence-corrected chi connectivity index (χ1v) is 6.94. The fourth-order valence-corrected chi connectivity index (χ4v) is 3.05. The molecule has 2 aliphatic rings. The molecule has 1 aromatic carbocycles. The highest BCUT2D eigenvalue weighted by molar-refractivity contribution is 6.32. The summed E-state index contributed by atoms with van der Waals surface area (Å²) in [6.07, 6.45) is 4.86. The number of nitrogens with one attached hydrogen (secondary N) is 1. The molecule has 0 radical (unpaired) electrons. The number of rotatable bonds is 2. The molecule has 1 saturated heterocycles. The topological polar surface area (TPSA) is 30.5 Å². The lowest BCUT2D eigenvalue weighted by Gasteiger charge is -2.24. The number of hydrogen-bond donors (Lipinski definition) is 1. The molecular formula is C14H18ClNO2. The lowest BCUT2D eigenvalue weighted by molar-refractivity contribution is 0.173. The van der Waals surface area contributed by atoms with Gasteiger partial charge in [0, 0.05) is 6.04 Å². The third kappa shape index (κ3) is 2.17. The van der Waals surface area contributed by atoms with Gasteiger partial charge in [-0.15, -0.1) is 0 Å². The van der Waals surface area contributed by atoms with E-state index in [4.69, 9.17) is 21.1 Å². The SMILES string of the molecule is Cc1c(CC2CCCCN2)cc(Cl)c2c1OCO2. The normalized spacial score (nSPS) is 22.2. The standard InChI is InChI=1S/C14H18ClNO2/c1-9-10(6-11-4-2-3-5-16-11)7-12(15)14-13(9)17-8-18-14/h7,11,16H,2-6,8H2,1H3. The molecule has 2 aliphatic heterocycles. The highest BCUT2D eigenvalue weighted by Gasteiger charge is 2.23. The summed E-state index contributed by atoms with van der Waals surface area (Å²) in [6.45, 7) is 3.49. The Kier molecular flexibility index (Phi) is 3.35. The molecule has 4 heteroatoms. The van der Waals surface area contributed by atoms with E-state index in [0.717, 1.165) is 18.7 Å². The first-order chi connectivity index (χ1) is 8.75. The number of ether oxygens (including phenoxy) is 2. The van der Waals surface area contributed by atoms with Crippen molar-refractivity contribution in [2.75, 3.05) is 13.3 Å². The fourth-order valence-electron chi connectivity index (χ4n) is 2.78. The quantitative estimate of drug-likeness (QED) is 0.893. The van der Waals surface area contributed by atoms with E-state index in [9.17, 15) is 0 Å². The second kappa shape index (κ2) is 4.98. The van der Waals surface area contributed by atoms with Crippen molar-refractivity contribution >= 4 is 11.6 Å². The first-order valence-electron chi connectivity index (χ1n) is 6.56. The Morgan fingerprint density at radius 3 is 2.94 bits per heavy atom. The van der Waals surface area contributed by atoms with Gasteiger partial charge in [-0.1, -0.05) is 18.0 Å². The van der Waals surface area contributed by atoms with Crippen LogP contribution < -0.4 is 14.8 Å². The van der Waals surface area contributed by atoms with Crippen molar-refractivity contribution < 1.29 is 9.47 Å².